The van der Waals surface area contributed by atoms with Crippen molar-refractivity contribution >= 4 is 29.1 Å². The monoisotopic (exact) mass is 442 g/mol. The number of amides is 2. The molecule has 2 aromatic rings. The Morgan fingerprint density at radius 2 is 1.67 bits per heavy atom. The van der Waals surface area contributed by atoms with Crippen LogP contribution in [-0.4, -0.2) is 46.9 Å². The van der Waals surface area contributed by atoms with Crippen LogP contribution in [0.3, 0.4) is 0 Å². The van der Waals surface area contributed by atoms with Gasteiger partial charge in [0.15, 0.2) is 0 Å². The number of anilines is 1. The van der Waals surface area contributed by atoms with E-state index in [1.807, 2.05) is 0 Å². The number of ether oxygens (including phenoxy) is 1. The zero-order chi connectivity index (χ0) is 21.9. The topological polar surface area (TPSA) is 78.9 Å². The first-order chi connectivity index (χ1) is 14.1. The van der Waals surface area contributed by atoms with Gasteiger partial charge in [-0.1, -0.05) is 23.7 Å². The van der Waals surface area contributed by atoms with Gasteiger partial charge in [-0.05, 0) is 36.4 Å². The van der Waals surface area contributed by atoms with E-state index in [2.05, 4.69) is 10.1 Å². The van der Waals surface area contributed by atoms with E-state index in [9.17, 15) is 27.9 Å². The van der Waals surface area contributed by atoms with Crippen molar-refractivity contribution in [3.05, 3.63) is 59.1 Å². The van der Waals surface area contributed by atoms with E-state index in [0.717, 1.165) is 12.1 Å². The number of carbonyl (C=O) groups is 2. The minimum Gasteiger partial charge on any atom is -0.406 e. The Morgan fingerprint density at radius 3 is 2.23 bits per heavy atom. The summed E-state index contributed by atoms with van der Waals surface area (Å²) < 4.78 is 40.4. The number of hydrogen-bond donors (Lipinski definition) is 2. The molecule has 0 unspecified atom stereocenters. The molecule has 1 heterocycles. The van der Waals surface area contributed by atoms with Crippen molar-refractivity contribution in [2.45, 2.75) is 24.8 Å². The van der Waals surface area contributed by atoms with Crippen LogP contribution in [-0.2, 0) is 4.79 Å². The first-order valence-electron chi connectivity index (χ1n) is 9.01. The highest BCUT2D eigenvalue weighted by molar-refractivity contribution is 6.33. The summed E-state index contributed by atoms with van der Waals surface area (Å²) in [6.45, 7) is 0.290. The molecule has 1 saturated heterocycles. The molecule has 10 heteroatoms. The molecule has 0 saturated carbocycles. The van der Waals surface area contributed by atoms with Gasteiger partial charge < -0.3 is 20.1 Å². The molecule has 1 aliphatic heterocycles. The number of aliphatic hydroxyl groups is 1. The molecule has 160 valence electrons. The van der Waals surface area contributed by atoms with E-state index >= 15 is 0 Å². The van der Waals surface area contributed by atoms with Crippen LogP contribution in [0.15, 0.2) is 48.5 Å². The van der Waals surface area contributed by atoms with Crippen molar-refractivity contribution in [2.24, 2.45) is 0 Å². The molecule has 3 rings (SSSR count). The van der Waals surface area contributed by atoms with Gasteiger partial charge in [-0.15, -0.1) is 13.2 Å². The molecule has 0 bridgehead atoms. The van der Waals surface area contributed by atoms with Gasteiger partial charge in [0.1, 0.15) is 11.4 Å². The number of alkyl halides is 3. The largest absolute Gasteiger partial charge is 0.573 e. The highest BCUT2D eigenvalue weighted by Gasteiger charge is 2.40. The lowest BCUT2D eigenvalue weighted by atomic mass is 9.90. The summed E-state index contributed by atoms with van der Waals surface area (Å²) in [6.07, 6.45) is -4.80. The zero-order valence-electron chi connectivity index (χ0n) is 15.6. The van der Waals surface area contributed by atoms with E-state index in [-0.39, 0.29) is 37.5 Å². The smallest absolute Gasteiger partial charge is 0.406 e. The molecular weight excluding hydrogens is 425 g/mol. The Hall–Kier alpha value is -2.78. The van der Waals surface area contributed by atoms with Crippen LogP contribution in [0.1, 0.15) is 23.2 Å². The molecule has 1 fully saturated rings. The van der Waals surface area contributed by atoms with Crippen LogP contribution in [0.4, 0.5) is 18.9 Å². The predicted octanol–water partition coefficient (Wildman–Crippen LogP) is 3.84. The number of halogens is 4. The molecule has 30 heavy (non-hydrogen) atoms. The number of benzene rings is 2. The lowest BCUT2D eigenvalue weighted by molar-refractivity contribution is -0.274. The Labute approximate surface area is 175 Å². The lowest BCUT2D eigenvalue weighted by Gasteiger charge is -2.37. The van der Waals surface area contributed by atoms with Gasteiger partial charge in [0, 0.05) is 31.6 Å². The fourth-order valence-electron chi connectivity index (χ4n) is 3.10. The summed E-state index contributed by atoms with van der Waals surface area (Å²) in [5.41, 5.74) is -1.16. The number of piperidine rings is 1. The Bertz CT molecular complexity index is 926. The van der Waals surface area contributed by atoms with E-state index < -0.39 is 23.6 Å². The van der Waals surface area contributed by atoms with E-state index in [4.69, 9.17) is 11.6 Å². The molecule has 2 N–H and O–H groups in total. The quantitative estimate of drug-likeness (QED) is 0.754. The summed E-state index contributed by atoms with van der Waals surface area (Å²) in [4.78, 5) is 26.6. The zero-order valence-corrected chi connectivity index (χ0v) is 16.3. The fraction of sp³-hybridized carbons (Fsp3) is 0.300. The molecule has 0 aromatic heterocycles. The predicted molar refractivity (Wildman–Crippen MR) is 103 cm³/mol. The van der Waals surface area contributed by atoms with Gasteiger partial charge in [0.05, 0.1) is 10.6 Å². The molecule has 2 aromatic carbocycles. The summed E-state index contributed by atoms with van der Waals surface area (Å²) in [7, 11) is 0. The maximum absolute atomic E-state index is 12.6. The van der Waals surface area contributed by atoms with Gasteiger partial charge in [0.2, 0.25) is 0 Å². The van der Waals surface area contributed by atoms with Crippen LogP contribution in [0.2, 0.25) is 5.02 Å². The highest BCUT2D eigenvalue weighted by atomic mass is 35.5. The van der Waals surface area contributed by atoms with E-state index in [1.165, 1.54) is 17.0 Å². The van der Waals surface area contributed by atoms with Crippen molar-refractivity contribution < 1.29 is 32.6 Å². The molecule has 0 atom stereocenters. The average molecular weight is 443 g/mol. The minimum atomic E-state index is -4.81. The van der Waals surface area contributed by atoms with Gasteiger partial charge in [-0.3, -0.25) is 9.59 Å². The SMILES string of the molecule is O=C(c1ccccc1Cl)N1CCC(O)(C(=O)Nc2ccc(OC(F)(F)F)cc2)CC1. The number of rotatable bonds is 4. The second-order valence-electron chi connectivity index (χ2n) is 6.83. The minimum absolute atomic E-state index is 0.00426. The van der Waals surface area contributed by atoms with Crippen LogP contribution in [0.25, 0.3) is 0 Å². The first kappa shape index (κ1) is 21.9. The fourth-order valence-corrected chi connectivity index (χ4v) is 3.32. The number of likely N-dealkylation sites (tertiary alicyclic amines) is 1. The standard InChI is InChI=1S/C20H18ClF3N2O4/c21-16-4-2-1-3-15(16)17(27)26-11-9-19(29,10-12-26)18(28)25-13-5-7-14(8-6-13)30-20(22,23)24/h1-8,29H,9-12H2,(H,25,28). The third kappa shape index (κ3) is 5.22. The molecule has 0 aliphatic carbocycles. The van der Waals surface area contributed by atoms with Crippen molar-refractivity contribution in [3.63, 3.8) is 0 Å². The Morgan fingerprint density at radius 1 is 1.07 bits per heavy atom. The maximum Gasteiger partial charge on any atom is 0.573 e. The Kier molecular flexibility index (Phi) is 6.23. The summed E-state index contributed by atoms with van der Waals surface area (Å²) in [6, 6.07) is 11.2. The number of carbonyl (C=O) groups excluding carboxylic acids is 2. The van der Waals surface area contributed by atoms with Crippen molar-refractivity contribution in [1.29, 1.82) is 0 Å². The molecule has 0 radical (unpaired) electrons. The number of hydrogen-bond acceptors (Lipinski definition) is 4. The third-order valence-electron chi connectivity index (χ3n) is 4.75. The summed E-state index contributed by atoms with van der Waals surface area (Å²) >= 11 is 6.05. The van der Waals surface area contributed by atoms with Crippen LogP contribution >= 0.6 is 11.6 Å². The first-order valence-corrected chi connectivity index (χ1v) is 9.39. The van der Waals surface area contributed by atoms with Crippen molar-refractivity contribution in [2.75, 3.05) is 18.4 Å². The third-order valence-corrected chi connectivity index (χ3v) is 5.08. The second-order valence-corrected chi connectivity index (χ2v) is 7.24. The molecule has 0 spiro atoms. The van der Waals surface area contributed by atoms with Gasteiger partial charge in [-0.2, -0.15) is 0 Å². The maximum atomic E-state index is 12.6. The van der Waals surface area contributed by atoms with Crippen molar-refractivity contribution in [1.82, 2.24) is 4.90 Å². The summed E-state index contributed by atoms with van der Waals surface area (Å²) in [5, 5.41) is 13.5. The van der Waals surface area contributed by atoms with Gasteiger partial charge >= 0.3 is 6.36 Å². The second kappa shape index (κ2) is 8.53. The lowest BCUT2D eigenvalue weighted by Crippen LogP contribution is -2.52. The van der Waals surface area contributed by atoms with Crippen LogP contribution in [0.5, 0.6) is 5.75 Å². The Balaban J connectivity index is 1.59. The average Bonchev–Trinajstić information content (AvgIpc) is 2.69. The van der Waals surface area contributed by atoms with E-state index in [0.29, 0.717) is 10.6 Å². The van der Waals surface area contributed by atoms with Crippen molar-refractivity contribution in [3.8, 4) is 5.75 Å². The number of nitrogens with one attached hydrogen (secondary N) is 1. The van der Waals surface area contributed by atoms with E-state index in [1.54, 1.807) is 24.3 Å². The van der Waals surface area contributed by atoms with Gasteiger partial charge in [0.25, 0.3) is 11.8 Å². The highest BCUT2D eigenvalue weighted by Crippen LogP contribution is 2.28. The van der Waals surface area contributed by atoms with Crippen LogP contribution < -0.4 is 10.1 Å². The van der Waals surface area contributed by atoms with Gasteiger partial charge in [-0.25, -0.2) is 0 Å². The molecule has 6 nitrogen and oxygen atoms in total. The molecule has 1 aliphatic rings. The molecule has 2 amide bonds. The number of nitrogens with zero attached hydrogens (tertiary/aromatic N) is 1. The molecular formula is C20H18ClF3N2O4. The van der Waals surface area contributed by atoms with Crippen LogP contribution in [0, 0.1) is 0 Å². The normalized spacial score (nSPS) is 16.1. The summed E-state index contributed by atoms with van der Waals surface area (Å²) in [5.74, 6) is -1.41.